The van der Waals surface area contributed by atoms with Gasteiger partial charge >= 0.3 is 0 Å². The van der Waals surface area contributed by atoms with Gasteiger partial charge in [-0.25, -0.2) is 4.98 Å². The molecular formula is C12H15N3O. The molecule has 0 saturated heterocycles. The molecule has 0 aliphatic carbocycles. The maximum absolute atomic E-state index is 9.19. The van der Waals surface area contributed by atoms with Crippen LogP contribution in [0.15, 0.2) is 36.8 Å². The van der Waals surface area contributed by atoms with Gasteiger partial charge in [-0.15, -0.1) is 0 Å². The Balaban J connectivity index is 2.20. The van der Waals surface area contributed by atoms with Gasteiger partial charge in [-0.3, -0.25) is 0 Å². The minimum absolute atomic E-state index is 0.0281. The summed E-state index contributed by atoms with van der Waals surface area (Å²) in [5.41, 5.74) is 7.95. The molecule has 1 aromatic carbocycles. The Morgan fingerprint density at radius 3 is 2.69 bits per heavy atom. The van der Waals surface area contributed by atoms with E-state index < -0.39 is 0 Å². The van der Waals surface area contributed by atoms with E-state index in [4.69, 9.17) is 5.73 Å². The molecule has 0 amide bonds. The predicted molar refractivity (Wildman–Crippen MR) is 62.0 cm³/mol. The van der Waals surface area contributed by atoms with Crippen LogP contribution in [0.2, 0.25) is 0 Å². The maximum atomic E-state index is 9.19. The number of hydrogen-bond acceptors (Lipinski definition) is 3. The number of aromatic hydroxyl groups is 1. The van der Waals surface area contributed by atoms with Crippen molar-refractivity contribution < 1.29 is 5.11 Å². The second-order valence-corrected chi connectivity index (χ2v) is 3.90. The molecule has 3 N–H and O–H groups in total. The van der Waals surface area contributed by atoms with E-state index in [1.807, 2.05) is 23.6 Å². The lowest BCUT2D eigenvalue weighted by Gasteiger charge is -2.10. The number of nitrogens with zero attached hydrogens (tertiary/aromatic N) is 2. The zero-order chi connectivity index (χ0) is 11.5. The van der Waals surface area contributed by atoms with E-state index >= 15 is 0 Å². The van der Waals surface area contributed by atoms with Crippen molar-refractivity contribution in [2.24, 2.45) is 5.73 Å². The topological polar surface area (TPSA) is 64.1 Å². The minimum atomic E-state index is -0.0281. The standard InChI is InChI=1S/C12H15N3O/c1-9(13)12-6-14-8-15(12)7-10-2-4-11(16)5-3-10/h2-6,8-9,16H,7,13H2,1H3/t9-/m0/s1. The van der Waals surface area contributed by atoms with E-state index in [-0.39, 0.29) is 11.8 Å². The molecule has 2 aromatic rings. The van der Waals surface area contributed by atoms with Crippen molar-refractivity contribution in [1.82, 2.24) is 9.55 Å². The summed E-state index contributed by atoms with van der Waals surface area (Å²) in [6, 6.07) is 7.11. The van der Waals surface area contributed by atoms with Crippen LogP contribution in [0.4, 0.5) is 0 Å². The molecule has 84 valence electrons. The number of aromatic nitrogens is 2. The smallest absolute Gasteiger partial charge is 0.115 e. The Hall–Kier alpha value is -1.81. The van der Waals surface area contributed by atoms with Crippen molar-refractivity contribution in [1.29, 1.82) is 0 Å². The SMILES string of the molecule is C[C@H](N)c1cncn1Cc1ccc(O)cc1. The molecule has 1 aromatic heterocycles. The summed E-state index contributed by atoms with van der Waals surface area (Å²) in [5, 5.41) is 9.19. The molecule has 2 rings (SSSR count). The number of imidazole rings is 1. The van der Waals surface area contributed by atoms with Gasteiger partial charge in [-0.1, -0.05) is 12.1 Å². The lowest BCUT2D eigenvalue weighted by atomic mass is 10.2. The third-order valence-electron chi connectivity index (χ3n) is 2.50. The second kappa shape index (κ2) is 4.37. The summed E-state index contributed by atoms with van der Waals surface area (Å²) in [5.74, 6) is 0.279. The molecule has 0 radical (unpaired) electrons. The first-order valence-corrected chi connectivity index (χ1v) is 5.20. The third kappa shape index (κ3) is 2.23. The molecule has 0 spiro atoms. The molecular weight excluding hydrogens is 202 g/mol. The van der Waals surface area contributed by atoms with Gasteiger partial charge in [0.15, 0.2) is 0 Å². The fourth-order valence-corrected chi connectivity index (χ4v) is 1.64. The first-order valence-electron chi connectivity index (χ1n) is 5.20. The number of hydrogen-bond donors (Lipinski definition) is 2. The van der Waals surface area contributed by atoms with Crippen LogP contribution in [0.5, 0.6) is 5.75 Å². The predicted octanol–water partition coefficient (Wildman–Crippen LogP) is 1.66. The summed E-state index contributed by atoms with van der Waals surface area (Å²) in [4.78, 5) is 4.09. The zero-order valence-corrected chi connectivity index (χ0v) is 9.17. The molecule has 0 aliphatic rings. The van der Waals surface area contributed by atoms with Gasteiger partial charge in [0.05, 0.1) is 12.0 Å². The largest absolute Gasteiger partial charge is 0.508 e. The van der Waals surface area contributed by atoms with Crippen molar-refractivity contribution >= 4 is 0 Å². The van der Waals surface area contributed by atoms with E-state index in [1.165, 1.54) is 0 Å². The highest BCUT2D eigenvalue weighted by atomic mass is 16.3. The Kier molecular flexibility index (Phi) is 2.92. The molecule has 0 bridgehead atoms. The average molecular weight is 217 g/mol. The van der Waals surface area contributed by atoms with Crippen molar-refractivity contribution in [2.45, 2.75) is 19.5 Å². The van der Waals surface area contributed by atoms with Crippen LogP contribution in [0.25, 0.3) is 0 Å². The highest BCUT2D eigenvalue weighted by Crippen LogP contribution is 2.14. The summed E-state index contributed by atoms with van der Waals surface area (Å²) in [6.07, 6.45) is 3.55. The number of nitrogens with two attached hydrogens (primary N) is 1. The summed E-state index contributed by atoms with van der Waals surface area (Å²) >= 11 is 0. The lowest BCUT2D eigenvalue weighted by molar-refractivity contribution is 0.475. The monoisotopic (exact) mass is 217 g/mol. The van der Waals surface area contributed by atoms with Gasteiger partial charge in [0.1, 0.15) is 5.75 Å². The molecule has 0 unspecified atom stereocenters. The van der Waals surface area contributed by atoms with Crippen molar-refractivity contribution in [2.75, 3.05) is 0 Å². The fourth-order valence-electron chi connectivity index (χ4n) is 1.64. The van der Waals surface area contributed by atoms with Crippen LogP contribution >= 0.6 is 0 Å². The fraction of sp³-hybridized carbons (Fsp3) is 0.250. The van der Waals surface area contributed by atoms with Crippen LogP contribution < -0.4 is 5.73 Å². The van der Waals surface area contributed by atoms with Crippen LogP contribution in [-0.4, -0.2) is 14.7 Å². The molecule has 0 saturated carbocycles. The Morgan fingerprint density at radius 2 is 2.06 bits per heavy atom. The molecule has 0 aliphatic heterocycles. The van der Waals surface area contributed by atoms with Gasteiger partial charge in [0, 0.05) is 18.8 Å². The van der Waals surface area contributed by atoms with E-state index in [0.717, 1.165) is 17.8 Å². The van der Waals surface area contributed by atoms with Crippen LogP contribution in [0.1, 0.15) is 24.2 Å². The van der Waals surface area contributed by atoms with Crippen molar-refractivity contribution in [3.63, 3.8) is 0 Å². The molecule has 0 fully saturated rings. The van der Waals surface area contributed by atoms with Gasteiger partial charge in [0.25, 0.3) is 0 Å². The van der Waals surface area contributed by atoms with Crippen molar-refractivity contribution in [3.8, 4) is 5.75 Å². The lowest BCUT2D eigenvalue weighted by Crippen LogP contribution is -2.12. The highest BCUT2D eigenvalue weighted by molar-refractivity contribution is 5.26. The Labute approximate surface area is 94.4 Å². The molecule has 16 heavy (non-hydrogen) atoms. The number of phenolic OH excluding ortho intramolecular Hbond substituents is 1. The van der Waals surface area contributed by atoms with Crippen LogP contribution in [0, 0.1) is 0 Å². The maximum Gasteiger partial charge on any atom is 0.115 e. The third-order valence-corrected chi connectivity index (χ3v) is 2.50. The quantitative estimate of drug-likeness (QED) is 0.821. The molecule has 4 nitrogen and oxygen atoms in total. The molecule has 1 heterocycles. The Morgan fingerprint density at radius 1 is 1.38 bits per heavy atom. The van der Waals surface area contributed by atoms with Gasteiger partial charge < -0.3 is 15.4 Å². The highest BCUT2D eigenvalue weighted by Gasteiger charge is 2.06. The van der Waals surface area contributed by atoms with E-state index in [2.05, 4.69) is 4.98 Å². The van der Waals surface area contributed by atoms with Crippen LogP contribution in [-0.2, 0) is 6.54 Å². The minimum Gasteiger partial charge on any atom is -0.508 e. The first-order chi connectivity index (χ1) is 7.66. The first kappa shape index (κ1) is 10.7. The van der Waals surface area contributed by atoms with Crippen LogP contribution in [0.3, 0.4) is 0 Å². The number of rotatable bonds is 3. The van der Waals surface area contributed by atoms with E-state index in [1.54, 1.807) is 24.7 Å². The summed E-state index contributed by atoms with van der Waals surface area (Å²) < 4.78 is 2.01. The normalized spacial score (nSPS) is 12.6. The average Bonchev–Trinajstić information content (AvgIpc) is 2.69. The second-order valence-electron chi connectivity index (χ2n) is 3.90. The summed E-state index contributed by atoms with van der Waals surface area (Å²) in [6.45, 7) is 2.65. The number of benzene rings is 1. The van der Waals surface area contributed by atoms with Gasteiger partial charge in [0.2, 0.25) is 0 Å². The van der Waals surface area contributed by atoms with E-state index in [0.29, 0.717) is 0 Å². The Bertz CT molecular complexity index is 459. The molecule has 1 atom stereocenters. The molecule has 4 heteroatoms. The van der Waals surface area contributed by atoms with Gasteiger partial charge in [-0.05, 0) is 24.6 Å². The van der Waals surface area contributed by atoms with Crippen molar-refractivity contribution in [3.05, 3.63) is 48.0 Å². The van der Waals surface area contributed by atoms with Gasteiger partial charge in [-0.2, -0.15) is 0 Å². The van der Waals surface area contributed by atoms with E-state index in [9.17, 15) is 5.11 Å². The zero-order valence-electron chi connectivity index (χ0n) is 9.17. The summed E-state index contributed by atoms with van der Waals surface area (Å²) in [7, 11) is 0. The number of phenols is 1.